The maximum absolute atomic E-state index is 11.5. The SMILES string of the molecule is CC=CC(=O)Oc1ccc(-c2ccc(-c3nnc(CCCCCCC)s3)cc2)cc1. The Kier molecular flexibility index (Phi) is 8.33. The highest BCUT2D eigenvalue weighted by atomic mass is 32.1. The van der Waals surface area contributed by atoms with Crippen LogP contribution in [0.3, 0.4) is 0 Å². The number of nitrogens with zero attached hydrogens (tertiary/aromatic N) is 2. The first-order valence-corrected chi connectivity index (χ1v) is 11.4. The molecule has 0 spiro atoms. The van der Waals surface area contributed by atoms with E-state index in [1.807, 2.05) is 24.3 Å². The fraction of sp³-hybridized carbons (Fsp3) is 0.320. The summed E-state index contributed by atoms with van der Waals surface area (Å²) in [7, 11) is 0. The zero-order valence-corrected chi connectivity index (χ0v) is 18.5. The van der Waals surface area contributed by atoms with Gasteiger partial charge in [0.2, 0.25) is 0 Å². The maximum atomic E-state index is 11.5. The molecule has 0 saturated carbocycles. The third-order valence-electron chi connectivity index (χ3n) is 4.80. The Labute approximate surface area is 182 Å². The quantitative estimate of drug-likeness (QED) is 0.155. The number of allylic oxidation sites excluding steroid dienone is 1. The number of hydrogen-bond acceptors (Lipinski definition) is 5. The zero-order chi connectivity index (χ0) is 21.2. The third-order valence-corrected chi connectivity index (χ3v) is 5.83. The molecular weight excluding hydrogens is 392 g/mol. The smallest absolute Gasteiger partial charge is 0.335 e. The van der Waals surface area contributed by atoms with Gasteiger partial charge < -0.3 is 4.74 Å². The summed E-state index contributed by atoms with van der Waals surface area (Å²) in [5.41, 5.74) is 3.26. The molecule has 0 radical (unpaired) electrons. The summed E-state index contributed by atoms with van der Waals surface area (Å²) in [6.07, 6.45) is 10.4. The molecule has 2 aromatic carbocycles. The third kappa shape index (κ3) is 6.36. The molecule has 0 N–H and O–H groups in total. The van der Waals surface area contributed by atoms with Crippen LogP contribution in [0, 0.1) is 0 Å². The Balaban J connectivity index is 1.59. The van der Waals surface area contributed by atoms with Crippen LogP contribution in [0.25, 0.3) is 21.7 Å². The topological polar surface area (TPSA) is 52.1 Å². The van der Waals surface area contributed by atoms with Crippen molar-refractivity contribution in [3.05, 3.63) is 65.7 Å². The molecule has 0 bridgehead atoms. The minimum atomic E-state index is -0.369. The van der Waals surface area contributed by atoms with Crippen molar-refractivity contribution in [3.8, 4) is 27.4 Å². The van der Waals surface area contributed by atoms with Crippen LogP contribution in [-0.4, -0.2) is 16.2 Å². The van der Waals surface area contributed by atoms with Gasteiger partial charge in [0, 0.05) is 18.1 Å². The molecule has 0 aliphatic carbocycles. The molecule has 0 atom stereocenters. The molecular formula is C25H28N2O2S. The molecule has 0 aliphatic heterocycles. The van der Waals surface area contributed by atoms with Crippen LogP contribution in [0.5, 0.6) is 5.75 Å². The number of carbonyl (C=O) groups is 1. The molecule has 4 nitrogen and oxygen atoms in total. The molecule has 0 aliphatic rings. The number of ether oxygens (including phenoxy) is 1. The summed E-state index contributed by atoms with van der Waals surface area (Å²) >= 11 is 1.69. The molecule has 5 heteroatoms. The van der Waals surface area contributed by atoms with E-state index in [2.05, 4.69) is 41.4 Å². The maximum Gasteiger partial charge on any atom is 0.335 e. The summed E-state index contributed by atoms with van der Waals surface area (Å²) in [6.45, 7) is 4.02. The Morgan fingerprint density at radius 1 is 0.900 bits per heavy atom. The standard InChI is InChI=1S/C25H28N2O2S/c1-3-5-6-7-8-10-23-26-27-25(30-23)21-13-11-19(12-14-21)20-15-17-22(18-16-20)29-24(28)9-4-2/h4,9,11-18H,3,5-8,10H2,1-2H3. The lowest BCUT2D eigenvalue weighted by Crippen LogP contribution is -2.03. The van der Waals surface area contributed by atoms with Gasteiger partial charge in [0.05, 0.1) is 0 Å². The number of aryl methyl sites for hydroxylation is 1. The number of hydrogen-bond donors (Lipinski definition) is 0. The molecule has 0 fully saturated rings. The van der Waals surface area contributed by atoms with Crippen LogP contribution >= 0.6 is 11.3 Å². The Hall–Kier alpha value is -2.79. The highest BCUT2D eigenvalue weighted by molar-refractivity contribution is 7.14. The summed E-state index contributed by atoms with van der Waals surface area (Å²) in [5, 5.41) is 10.8. The second-order valence-electron chi connectivity index (χ2n) is 7.19. The first-order valence-electron chi connectivity index (χ1n) is 10.6. The second kappa shape index (κ2) is 11.4. The van der Waals surface area contributed by atoms with Gasteiger partial charge in [-0.05, 0) is 36.6 Å². The number of esters is 1. The minimum Gasteiger partial charge on any atom is -0.423 e. The van der Waals surface area contributed by atoms with E-state index in [0.29, 0.717) is 5.75 Å². The van der Waals surface area contributed by atoms with Crippen LogP contribution in [-0.2, 0) is 11.2 Å². The van der Waals surface area contributed by atoms with E-state index in [0.717, 1.165) is 33.1 Å². The van der Waals surface area contributed by atoms with Crippen molar-refractivity contribution in [2.24, 2.45) is 0 Å². The summed E-state index contributed by atoms with van der Waals surface area (Å²) in [5.74, 6) is 0.168. The van der Waals surface area contributed by atoms with E-state index < -0.39 is 0 Å². The molecule has 0 unspecified atom stereocenters. The number of rotatable bonds is 10. The van der Waals surface area contributed by atoms with E-state index in [1.165, 1.54) is 38.2 Å². The molecule has 3 rings (SSSR count). The number of aromatic nitrogens is 2. The largest absolute Gasteiger partial charge is 0.423 e. The van der Waals surface area contributed by atoms with Crippen molar-refractivity contribution in [2.75, 3.05) is 0 Å². The van der Waals surface area contributed by atoms with Gasteiger partial charge in [-0.15, -0.1) is 10.2 Å². The summed E-state index contributed by atoms with van der Waals surface area (Å²) in [4.78, 5) is 11.5. The lowest BCUT2D eigenvalue weighted by molar-refractivity contribution is -0.129. The Morgan fingerprint density at radius 2 is 1.53 bits per heavy atom. The highest BCUT2D eigenvalue weighted by Gasteiger charge is 2.08. The average molecular weight is 421 g/mol. The van der Waals surface area contributed by atoms with Crippen molar-refractivity contribution in [2.45, 2.75) is 52.4 Å². The van der Waals surface area contributed by atoms with Gasteiger partial charge in [-0.3, -0.25) is 0 Å². The van der Waals surface area contributed by atoms with E-state index in [4.69, 9.17) is 4.74 Å². The van der Waals surface area contributed by atoms with Gasteiger partial charge in [0.15, 0.2) is 0 Å². The Bertz CT molecular complexity index is 960. The van der Waals surface area contributed by atoms with Crippen LogP contribution in [0.1, 0.15) is 51.0 Å². The van der Waals surface area contributed by atoms with E-state index in [1.54, 1.807) is 24.3 Å². The van der Waals surface area contributed by atoms with Crippen LogP contribution < -0.4 is 4.74 Å². The molecule has 0 amide bonds. The number of carbonyl (C=O) groups excluding carboxylic acids is 1. The van der Waals surface area contributed by atoms with Crippen LogP contribution in [0.4, 0.5) is 0 Å². The second-order valence-corrected chi connectivity index (χ2v) is 8.25. The van der Waals surface area contributed by atoms with Gasteiger partial charge in [0.1, 0.15) is 15.8 Å². The highest BCUT2D eigenvalue weighted by Crippen LogP contribution is 2.28. The van der Waals surface area contributed by atoms with Gasteiger partial charge in [-0.2, -0.15) is 0 Å². The molecule has 3 aromatic rings. The molecule has 156 valence electrons. The van der Waals surface area contributed by atoms with Gasteiger partial charge in [-0.25, -0.2) is 4.79 Å². The van der Waals surface area contributed by atoms with Gasteiger partial charge in [-0.1, -0.05) is 86.4 Å². The normalized spacial score (nSPS) is 11.1. The van der Waals surface area contributed by atoms with E-state index >= 15 is 0 Å². The average Bonchev–Trinajstić information content (AvgIpc) is 3.23. The number of benzene rings is 2. The van der Waals surface area contributed by atoms with Crippen molar-refractivity contribution in [1.82, 2.24) is 10.2 Å². The van der Waals surface area contributed by atoms with E-state index in [-0.39, 0.29) is 5.97 Å². The van der Waals surface area contributed by atoms with Crippen LogP contribution in [0.2, 0.25) is 0 Å². The molecule has 30 heavy (non-hydrogen) atoms. The Morgan fingerprint density at radius 3 is 2.20 bits per heavy atom. The predicted octanol–water partition coefficient (Wildman–Crippen LogP) is 6.87. The lowest BCUT2D eigenvalue weighted by Gasteiger charge is -2.05. The van der Waals surface area contributed by atoms with Crippen LogP contribution in [0.15, 0.2) is 60.7 Å². The van der Waals surface area contributed by atoms with Gasteiger partial charge in [0.25, 0.3) is 0 Å². The summed E-state index contributed by atoms with van der Waals surface area (Å²) < 4.78 is 5.23. The monoisotopic (exact) mass is 420 g/mol. The van der Waals surface area contributed by atoms with Crippen molar-refractivity contribution in [1.29, 1.82) is 0 Å². The minimum absolute atomic E-state index is 0.369. The van der Waals surface area contributed by atoms with E-state index in [9.17, 15) is 4.79 Å². The molecule has 1 heterocycles. The zero-order valence-electron chi connectivity index (χ0n) is 17.6. The van der Waals surface area contributed by atoms with Crippen molar-refractivity contribution in [3.63, 3.8) is 0 Å². The van der Waals surface area contributed by atoms with Crippen molar-refractivity contribution < 1.29 is 9.53 Å². The fourth-order valence-corrected chi connectivity index (χ4v) is 4.04. The first-order chi connectivity index (χ1) is 14.7. The predicted molar refractivity (Wildman–Crippen MR) is 124 cm³/mol. The lowest BCUT2D eigenvalue weighted by atomic mass is 10.0. The molecule has 0 saturated heterocycles. The summed E-state index contributed by atoms with van der Waals surface area (Å²) in [6, 6.07) is 15.9. The number of unbranched alkanes of at least 4 members (excludes halogenated alkanes) is 4. The molecule has 1 aromatic heterocycles. The van der Waals surface area contributed by atoms with Gasteiger partial charge >= 0.3 is 5.97 Å². The van der Waals surface area contributed by atoms with Crippen molar-refractivity contribution >= 4 is 17.3 Å². The first kappa shape index (κ1) is 21.9. The fourth-order valence-electron chi connectivity index (χ4n) is 3.16.